The topological polar surface area (TPSA) is 103 Å². The predicted octanol–water partition coefficient (Wildman–Crippen LogP) is 3.50. The number of esters is 1. The molecule has 1 aliphatic heterocycles. The molecule has 1 atom stereocenters. The van der Waals surface area contributed by atoms with Gasteiger partial charge in [-0.05, 0) is 49.0 Å². The van der Waals surface area contributed by atoms with Crippen LogP contribution in [0.3, 0.4) is 0 Å². The normalized spacial score (nSPS) is 15.9. The Morgan fingerprint density at radius 3 is 2.53 bits per heavy atom. The van der Waals surface area contributed by atoms with Gasteiger partial charge in [-0.1, -0.05) is 12.1 Å². The molecule has 32 heavy (non-hydrogen) atoms. The van der Waals surface area contributed by atoms with Gasteiger partial charge in [0.25, 0.3) is 5.69 Å². The number of allylic oxidation sites excluding steroid dienone is 1. The average molecular weight is 458 g/mol. The lowest BCUT2D eigenvalue weighted by atomic mass is 9.94. The van der Waals surface area contributed by atoms with E-state index in [-0.39, 0.29) is 18.9 Å². The SMILES string of the molecule is COCCOC(=O)C1=C(C)N(c2ccc(OC)cc2)C(=S)NC1c1cccc([N+](=O)[O-])c1. The van der Waals surface area contributed by atoms with Crippen molar-refractivity contribution in [1.82, 2.24) is 5.32 Å². The molecule has 0 aromatic heterocycles. The van der Waals surface area contributed by atoms with Crippen LogP contribution in [0, 0.1) is 10.1 Å². The maximum absolute atomic E-state index is 13.1. The Hall–Kier alpha value is -3.50. The average Bonchev–Trinajstić information content (AvgIpc) is 2.79. The minimum Gasteiger partial charge on any atom is -0.497 e. The van der Waals surface area contributed by atoms with Crippen molar-refractivity contribution in [3.63, 3.8) is 0 Å². The monoisotopic (exact) mass is 457 g/mol. The number of rotatable bonds is 8. The highest BCUT2D eigenvalue weighted by molar-refractivity contribution is 7.80. The molecule has 0 amide bonds. The number of carbonyl (C=O) groups is 1. The molecule has 2 aromatic carbocycles. The van der Waals surface area contributed by atoms with Crippen LogP contribution in [0.15, 0.2) is 59.8 Å². The summed E-state index contributed by atoms with van der Waals surface area (Å²) in [6.07, 6.45) is 0. The van der Waals surface area contributed by atoms with Crippen LogP contribution in [0.25, 0.3) is 0 Å². The van der Waals surface area contributed by atoms with Crippen molar-refractivity contribution in [3.05, 3.63) is 75.5 Å². The number of nitrogens with zero attached hydrogens (tertiary/aromatic N) is 2. The Labute approximate surface area is 190 Å². The zero-order chi connectivity index (χ0) is 23.3. The third-order valence-electron chi connectivity index (χ3n) is 4.97. The number of anilines is 1. The fourth-order valence-electron chi connectivity index (χ4n) is 3.41. The molecule has 168 valence electrons. The van der Waals surface area contributed by atoms with E-state index in [9.17, 15) is 14.9 Å². The fraction of sp³-hybridized carbons (Fsp3) is 0.273. The molecule has 0 saturated heterocycles. The maximum atomic E-state index is 13.1. The van der Waals surface area contributed by atoms with Crippen molar-refractivity contribution >= 4 is 34.7 Å². The van der Waals surface area contributed by atoms with Crippen molar-refractivity contribution in [1.29, 1.82) is 0 Å². The largest absolute Gasteiger partial charge is 0.497 e. The van der Waals surface area contributed by atoms with E-state index in [4.69, 9.17) is 26.4 Å². The first-order valence-electron chi connectivity index (χ1n) is 9.73. The maximum Gasteiger partial charge on any atom is 0.338 e. The number of ether oxygens (including phenoxy) is 3. The number of hydrogen-bond donors (Lipinski definition) is 1. The third kappa shape index (κ3) is 4.87. The standard InChI is InChI=1S/C22H23N3O6S/c1-14-19(21(26)31-12-11-29-2)20(15-5-4-6-17(13-15)25(27)28)23-22(32)24(14)16-7-9-18(30-3)10-8-16/h4-10,13,20H,11-12H2,1-3H3,(H,23,32). The summed E-state index contributed by atoms with van der Waals surface area (Å²) in [6.45, 7) is 2.07. The summed E-state index contributed by atoms with van der Waals surface area (Å²) < 4.78 is 15.6. The van der Waals surface area contributed by atoms with Gasteiger partial charge in [-0.2, -0.15) is 0 Å². The van der Waals surface area contributed by atoms with Crippen LogP contribution in [0.5, 0.6) is 5.75 Å². The molecule has 2 aromatic rings. The Kier molecular flexibility index (Phi) is 7.39. The van der Waals surface area contributed by atoms with Crippen LogP contribution in [0.4, 0.5) is 11.4 Å². The third-order valence-corrected chi connectivity index (χ3v) is 5.27. The number of methoxy groups -OCH3 is 2. The van der Waals surface area contributed by atoms with Crippen LogP contribution < -0.4 is 15.0 Å². The van der Waals surface area contributed by atoms with E-state index in [0.29, 0.717) is 27.7 Å². The molecule has 0 radical (unpaired) electrons. The molecule has 0 fully saturated rings. The highest BCUT2D eigenvalue weighted by Crippen LogP contribution is 2.35. The van der Waals surface area contributed by atoms with Crippen LogP contribution in [-0.4, -0.2) is 43.4 Å². The lowest BCUT2D eigenvalue weighted by Crippen LogP contribution is -2.48. The summed E-state index contributed by atoms with van der Waals surface area (Å²) in [5.74, 6) is 0.115. The number of hydrogen-bond acceptors (Lipinski definition) is 7. The molecule has 0 spiro atoms. The number of carbonyl (C=O) groups excluding carboxylic acids is 1. The van der Waals surface area contributed by atoms with E-state index in [1.807, 2.05) is 12.1 Å². The minimum atomic E-state index is -0.716. The van der Waals surface area contributed by atoms with E-state index < -0.39 is 16.9 Å². The summed E-state index contributed by atoms with van der Waals surface area (Å²) in [7, 11) is 3.08. The molecule has 0 saturated carbocycles. The van der Waals surface area contributed by atoms with Gasteiger partial charge in [0, 0.05) is 30.6 Å². The number of non-ortho nitro benzene ring substituents is 1. The summed E-state index contributed by atoms with van der Waals surface area (Å²) in [6, 6.07) is 12.6. The Balaban J connectivity index is 2.08. The van der Waals surface area contributed by atoms with Crippen molar-refractivity contribution in [2.45, 2.75) is 13.0 Å². The van der Waals surface area contributed by atoms with E-state index in [0.717, 1.165) is 5.69 Å². The van der Waals surface area contributed by atoms with Crippen LogP contribution in [0.2, 0.25) is 0 Å². The number of benzene rings is 2. The van der Waals surface area contributed by atoms with Gasteiger partial charge >= 0.3 is 5.97 Å². The van der Waals surface area contributed by atoms with Gasteiger partial charge in [-0.15, -0.1) is 0 Å². The van der Waals surface area contributed by atoms with Crippen molar-refractivity contribution in [2.24, 2.45) is 0 Å². The number of nitrogens with one attached hydrogen (secondary N) is 1. The molecule has 1 aliphatic rings. The summed E-state index contributed by atoms with van der Waals surface area (Å²) >= 11 is 5.60. The second-order valence-electron chi connectivity index (χ2n) is 6.90. The predicted molar refractivity (Wildman–Crippen MR) is 123 cm³/mol. The van der Waals surface area contributed by atoms with Crippen molar-refractivity contribution in [3.8, 4) is 5.75 Å². The number of nitro benzene ring substituents is 1. The summed E-state index contributed by atoms with van der Waals surface area (Å²) in [4.78, 5) is 25.6. The van der Waals surface area contributed by atoms with Gasteiger partial charge in [0.15, 0.2) is 5.11 Å². The first-order chi connectivity index (χ1) is 15.4. The lowest BCUT2D eigenvalue weighted by Gasteiger charge is -2.37. The van der Waals surface area contributed by atoms with Crippen LogP contribution >= 0.6 is 12.2 Å². The highest BCUT2D eigenvalue weighted by Gasteiger charge is 2.36. The van der Waals surface area contributed by atoms with Crippen LogP contribution in [0.1, 0.15) is 18.5 Å². The quantitative estimate of drug-likeness (QED) is 0.210. The van der Waals surface area contributed by atoms with E-state index in [1.54, 1.807) is 43.2 Å². The molecule has 0 bridgehead atoms. The van der Waals surface area contributed by atoms with Gasteiger partial charge in [0.1, 0.15) is 12.4 Å². The molecular formula is C22H23N3O6S. The zero-order valence-electron chi connectivity index (χ0n) is 17.9. The second-order valence-corrected chi connectivity index (χ2v) is 7.28. The van der Waals surface area contributed by atoms with Gasteiger partial charge < -0.3 is 19.5 Å². The second kappa shape index (κ2) is 10.2. The Bertz CT molecular complexity index is 1050. The molecule has 10 heteroatoms. The molecule has 0 aliphatic carbocycles. The van der Waals surface area contributed by atoms with Gasteiger partial charge in [-0.25, -0.2) is 4.79 Å². The molecule has 1 heterocycles. The molecule has 1 N–H and O–H groups in total. The highest BCUT2D eigenvalue weighted by atomic mass is 32.1. The molecule has 9 nitrogen and oxygen atoms in total. The lowest BCUT2D eigenvalue weighted by molar-refractivity contribution is -0.384. The molecule has 3 rings (SSSR count). The van der Waals surface area contributed by atoms with Crippen LogP contribution in [-0.2, 0) is 14.3 Å². The summed E-state index contributed by atoms with van der Waals surface area (Å²) in [5, 5.41) is 14.8. The molecule has 1 unspecified atom stereocenters. The minimum absolute atomic E-state index is 0.0702. The van der Waals surface area contributed by atoms with E-state index in [1.165, 1.54) is 19.2 Å². The van der Waals surface area contributed by atoms with Gasteiger partial charge in [0.2, 0.25) is 0 Å². The fourth-order valence-corrected chi connectivity index (χ4v) is 3.77. The zero-order valence-corrected chi connectivity index (χ0v) is 18.7. The van der Waals surface area contributed by atoms with Gasteiger partial charge in [0.05, 0.1) is 30.3 Å². The Morgan fingerprint density at radius 2 is 1.91 bits per heavy atom. The first kappa shape index (κ1) is 23.2. The summed E-state index contributed by atoms with van der Waals surface area (Å²) in [5.41, 5.74) is 2.01. The van der Waals surface area contributed by atoms with E-state index in [2.05, 4.69) is 5.32 Å². The number of thiocarbonyl (C=S) groups is 1. The smallest absolute Gasteiger partial charge is 0.338 e. The van der Waals surface area contributed by atoms with Crippen molar-refractivity contribution < 1.29 is 23.9 Å². The van der Waals surface area contributed by atoms with Gasteiger partial charge in [-0.3, -0.25) is 15.0 Å². The van der Waals surface area contributed by atoms with E-state index >= 15 is 0 Å². The Morgan fingerprint density at radius 1 is 1.19 bits per heavy atom. The number of nitro groups is 1. The first-order valence-corrected chi connectivity index (χ1v) is 10.1. The molecular weight excluding hydrogens is 434 g/mol. The van der Waals surface area contributed by atoms with Crippen molar-refractivity contribution in [2.75, 3.05) is 32.3 Å².